The molecule has 2 fully saturated rings. The van der Waals surface area contributed by atoms with Crippen LogP contribution in [0.1, 0.15) is 40.0 Å². The molecule has 1 saturated heterocycles. The normalized spacial score (nSPS) is 34.0. The molecule has 2 bridgehead atoms. The molecule has 4 heteroatoms. The molecule has 0 aromatic heterocycles. The summed E-state index contributed by atoms with van der Waals surface area (Å²) in [5.41, 5.74) is -0.438. The predicted molar refractivity (Wildman–Crippen MR) is 60.1 cm³/mol. The zero-order valence-corrected chi connectivity index (χ0v) is 10.3. The van der Waals surface area contributed by atoms with Crippen LogP contribution in [0, 0.1) is 5.92 Å². The Balaban J connectivity index is 1.98. The van der Waals surface area contributed by atoms with Crippen LogP contribution in [-0.4, -0.2) is 40.4 Å². The van der Waals surface area contributed by atoms with Crippen LogP contribution in [0.2, 0.25) is 0 Å². The Morgan fingerprint density at radius 1 is 1.31 bits per heavy atom. The number of aliphatic hydroxyl groups is 1. The Bertz CT molecular complexity index is 284. The number of amides is 1. The molecule has 1 aliphatic heterocycles. The first-order valence-electron chi connectivity index (χ1n) is 6.03. The number of ether oxygens (including phenoxy) is 1. The molecule has 2 rings (SSSR count). The summed E-state index contributed by atoms with van der Waals surface area (Å²) in [5.74, 6) is 0.460. The third-order valence-electron chi connectivity index (χ3n) is 3.28. The summed E-state index contributed by atoms with van der Waals surface area (Å²) in [6, 6.07) is 0.184. The van der Waals surface area contributed by atoms with Gasteiger partial charge in [-0.05, 0) is 46.0 Å². The molecule has 0 radical (unpaired) electrons. The third-order valence-corrected chi connectivity index (χ3v) is 3.28. The number of likely N-dealkylation sites (tertiary alicyclic amines) is 1. The van der Waals surface area contributed by atoms with Crippen LogP contribution in [0.3, 0.4) is 0 Å². The van der Waals surface area contributed by atoms with E-state index in [1.165, 1.54) is 0 Å². The first kappa shape index (κ1) is 11.7. The smallest absolute Gasteiger partial charge is 0.410 e. The van der Waals surface area contributed by atoms with Gasteiger partial charge in [-0.25, -0.2) is 4.79 Å². The standard InChI is InChI=1S/C12H21NO3/c1-12(2,3)16-11(15)13-7-8-4-9(13)6-10(14)5-8/h8-10,14H,4-7H2,1-3H3/t8-,9-,10-/m1/s1. The zero-order chi connectivity index (χ0) is 11.9. The van der Waals surface area contributed by atoms with Crippen molar-refractivity contribution in [3.8, 4) is 0 Å². The highest BCUT2D eigenvalue weighted by Gasteiger charge is 2.42. The number of hydrogen-bond acceptors (Lipinski definition) is 3. The Hall–Kier alpha value is -0.770. The Kier molecular flexibility index (Phi) is 2.86. The average molecular weight is 227 g/mol. The maximum atomic E-state index is 11.9. The van der Waals surface area contributed by atoms with E-state index in [1.807, 2.05) is 20.8 Å². The maximum Gasteiger partial charge on any atom is 0.410 e. The molecule has 1 N–H and O–H groups in total. The first-order valence-corrected chi connectivity index (χ1v) is 6.03. The molecule has 0 aromatic carbocycles. The van der Waals surface area contributed by atoms with Crippen molar-refractivity contribution in [2.24, 2.45) is 5.92 Å². The lowest BCUT2D eigenvalue weighted by molar-refractivity contribution is 0.0194. The van der Waals surface area contributed by atoms with Crippen molar-refractivity contribution in [2.75, 3.05) is 6.54 Å². The van der Waals surface area contributed by atoms with E-state index in [4.69, 9.17) is 4.74 Å². The molecular weight excluding hydrogens is 206 g/mol. The van der Waals surface area contributed by atoms with Crippen LogP contribution in [0.5, 0.6) is 0 Å². The lowest BCUT2D eigenvalue weighted by atomic mass is 9.88. The van der Waals surface area contributed by atoms with E-state index >= 15 is 0 Å². The van der Waals surface area contributed by atoms with Crippen LogP contribution >= 0.6 is 0 Å². The average Bonchev–Trinajstić information content (AvgIpc) is 2.38. The van der Waals surface area contributed by atoms with Crippen LogP contribution in [0.15, 0.2) is 0 Å². The fourth-order valence-corrected chi connectivity index (χ4v) is 2.75. The van der Waals surface area contributed by atoms with Gasteiger partial charge >= 0.3 is 6.09 Å². The van der Waals surface area contributed by atoms with Gasteiger partial charge in [0.25, 0.3) is 0 Å². The minimum Gasteiger partial charge on any atom is -0.444 e. The van der Waals surface area contributed by atoms with Crippen molar-refractivity contribution in [3.63, 3.8) is 0 Å². The van der Waals surface area contributed by atoms with Gasteiger partial charge in [0, 0.05) is 12.6 Å². The summed E-state index contributed by atoms with van der Waals surface area (Å²) in [4.78, 5) is 13.7. The lowest BCUT2D eigenvalue weighted by Gasteiger charge is -2.29. The quantitative estimate of drug-likeness (QED) is 0.686. The second-order valence-corrected chi connectivity index (χ2v) is 6.01. The monoisotopic (exact) mass is 227 g/mol. The SMILES string of the molecule is CC(C)(C)OC(=O)N1C[C@H]2C[C@@H](O)C[C@H]1C2. The summed E-state index contributed by atoms with van der Waals surface area (Å²) in [6.07, 6.45) is 2.09. The molecule has 92 valence electrons. The molecule has 1 aliphatic carbocycles. The van der Waals surface area contributed by atoms with Gasteiger partial charge in [0.2, 0.25) is 0 Å². The van der Waals surface area contributed by atoms with Crippen molar-refractivity contribution in [1.82, 2.24) is 4.90 Å². The molecule has 1 amide bonds. The van der Waals surface area contributed by atoms with Gasteiger partial charge in [-0.2, -0.15) is 0 Å². The highest BCUT2D eigenvalue weighted by atomic mass is 16.6. The summed E-state index contributed by atoms with van der Waals surface area (Å²) in [6.45, 7) is 6.38. The largest absolute Gasteiger partial charge is 0.444 e. The van der Waals surface area contributed by atoms with E-state index in [2.05, 4.69) is 0 Å². The van der Waals surface area contributed by atoms with Crippen molar-refractivity contribution < 1.29 is 14.6 Å². The summed E-state index contributed by atoms with van der Waals surface area (Å²) >= 11 is 0. The van der Waals surface area contributed by atoms with Crippen molar-refractivity contribution in [3.05, 3.63) is 0 Å². The van der Waals surface area contributed by atoms with Gasteiger partial charge < -0.3 is 14.7 Å². The molecule has 3 atom stereocenters. The van der Waals surface area contributed by atoms with Gasteiger partial charge in [0.1, 0.15) is 5.60 Å². The van der Waals surface area contributed by atoms with E-state index in [0.29, 0.717) is 12.3 Å². The van der Waals surface area contributed by atoms with Gasteiger partial charge in [0.05, 0.1) is 6.10 Å². The number of hydrogen-bond donors (Lipinski definition) is 1. The van der Waals surface area contributed by atoms with Crippen molar-refractivity contribution in [1.29, 1.82) is 0 Å². The Morgan fingerprint density at radius 3 is 2.62 bits per heavy atom. The predicted octanol–water partition coefficient (Wildman–Crippen LogP) is 1.77. The molecule has 0 aromatic rings. The summed E-state index contributed by atoms with van der Waals surface area (Å²) in [5, 5.41) is 9.64. The fraction of sp³-hybridized carbons (Fsp3) is 0.917. The molecule has 16 heavy (non-hydrogen) atoms. The number of aliphatic hydroxyl groups excluding tert-OH is 1. The van der Waals surface area contributed by atoms with Gasteiger partial charge in [-0.1, -0.05) is 0 Å². The van der Waals surface area contributed by atoms with E-state index in [1.54, 1.807) is 4.90 Å². The van der Waals surface area contributed by atoms with E-state index in [-0.39, 0.29) is 18.2 Å². The maximum absolute atomic E-state index is 11.9. The van der Waals surface area contributed by atoms with Crippen molar-refractivity contribution >= 4 is 6.09 Å². The second kappa shape index (κ2) is 3.91. The summed E-state index contributed by atoms with van der Waals surface area (Å²) in [7, 11) is 0. The molecule has 0 unspecified atom stereocenters. The zero-order valence-electron chi connectivity index (χ0n) is 10.3. The van der Waals surface area contributed by atoms with E-state index < -0.39 is 5.60 Å². The lowest BCUT2D eigenvalue weighted by Crippen LogP contribution is -2.40. The molecule has 4 nitrogen and oxygen atoms in total. The van der Waals surface area contributed by atoms with Crippen molar-refractivity contribution in [2.45, 2.75) is 57.8 Å². The van der Waals surface area contributed by atoms with E-state index in [0.717, 1.165) is 19.4 Å². The van der Waals surface area contributed by atoms with Gasteiger partial charge in [-0.15, -0.1) is 0 Å². The fourth-order valence-electron chi connectivity index (χ4n) is 2.75. The van der Waals surface area contributed by atoms with Gasteiger partial charge in [0.15, 0.2) is 0 Å². The van der Waals surface area contributed by atoms with E-state index in [9.17, 15) is 9.90 Å². The third kappa shape index (κ3) is 2.48. The van der Waals surface area contributed by atoms with Crippen LogP contribution < -0.4 is 0 Å². The topological polar surface area (TPSA) is 49.8 Å². The molecular formula is C12H21NO3. The highest BCUT2D eigenvalue weighted by Crippen LogP contribution is 2.36. The second-order valence-electron chi connectivity index (χ2n) is 6.01. The number of nitrogens with zero attached hydrogens (tertiary/aromatic N) is 1. The Labute approximate surface area is 96.6 Å². The molecule has 1 heterocycles. The minimum absolute atomic E-state index is 0.184. The molecule has 0 spiro atoms. The first-order chi connectivity index (χ1) is 7.35. The molecule has 2 aliphatic rings. The Morgan fingerprint density at radius 2 is 2.00 bits per heavy atom. The minimum atomic E-state index is -0.438. The van der Waals surface area contributed by atoms with Gasteiger partial charge in [-0.3, -0.25) is 0 Å². The number of carbonyl (C=O) groups excluding carboxylic acids is 1. The highest BCUT2D eigenvalue weighted by molar-refractivity contribution is 5.69. The number of rotatable bonds is 0. The molecule has 1 saturated carbocycles. The summed E-state index contributed by atoms with van der Waals surface area (Å²) < 4.78 is 5.37. The number of fused-ring (bicyclic) bond motifs is 2. The van der Waals surface area contributed by atoms with Crippen LogP contribution in [-0.2, 0) is 4.74 Å². The number of carbonyl (C=O) groups is 1. The van der Waals surface area contributed by atoms with Crippen LogP contribution in [0.4, 0.5) is 4.79 Å². The van der Waals surface area contributed by atoms with Crippen LogP contribution in [0.25, 0.3) is 0 Å².